The van der Waals surface area contributed by atoms with Gasteiger partial charge in [0.05, 0.1) is 25.3 Å². The Kier molecular flexibility index (Phi) is 3.23. The Morgan fingerprint density at radius 2 is 1.36 bits per heavy atom. The van der Waals surface area contributed by atoms with E-state index in [1.165, 1.54) is 26.4 Å². The van der Waals surface area contributed by atoms with Gasteiger partial charge in [-0.2, -0.15) is 0 Å². The minimum Gasteiger partial charge on any atom is -0.465 e. The largest absolute Gasteiger partial charge is 0.465 e. The van der Waals surface area contributed by atoms with Gasteiger partial charge in [0.2, 0.25) is 0 Å². The Hall–Kier alpha value is -1.84. The van der Waals surface area contributed by atoms with Crippen LogP contribution in [-0.4, -0.2) is 26.2 Å². The minimum absolute atomic E-state index is 0.0295. The van der Waals surface area contributed by atoms with Crippen molar-refractivity contribution < 1.29 is 19.1 Å². The van der Waals surface area contributed by atoms with Crippen LogP contribution < -0.4 is 0 Å². The van der Waals surface area contributed by atoms with Crippen LogP contribution in [0.5, 0.6) is 0 Å². The molecule has 0 bridgehead atoms. The second-order valence-electron chi connectivity index (χ2n) is 2.36. The van der Waals surface area contributed by atoms with E-state index in [1.807, 2.05) is 0 Å². The summed E-state index contributed by atoms with van der Waals surface area (Å²) in [5.41, 5.74) is 0.0590. The fourth-order valence-corrected chi connectivity index (χ4v) is 0.920. The van der Waals surface area contributed by atoms with Crippen LogP contribution in [0, 0.1) is 12.1 Å². The van der Waals surface area contributed by atoms with Crippen LogP contribution in [0.1, 0.15) is 20.7 Å². The maximum atomic E-state index is 11.2. The van der Waals surface area contributed by atoms with Gasteiger partial charge in [0.25, 0.3) is 0 Å². The first-order valence-electron chi connectivity index (χ1n) is 3.79. The van der Waals surface area contributed by atoms with Crippen molar-refractivity contribution in [2.24, 2.45) is 0 Å². The van der Waals surface area contributed by atoms with Gasteiger partial charge in [0.1, 0.15) is 0 Å². The van der Waals surface area contributed by atoms with Crippen LogP contribution in [0.4, 0.5) is 0 Å². The normalized spacial score (nSPS) is 9.29. The summed E-state index contributed by atoms with van der Waals surface area (Å²) in [6, 6.07) is 8.13. The van der Waals surface area contributed by atoms with E-state index >= 15 is 0 Å². The van der Waals surface area contributed by atoms with Gasteiger partial charge in [-0.1, -0.05) is 12.1 Å². The molecule has 0 spiro atoms. The van der Waals surface area contributed by atoms with E-state index in [1.54, 1.807) is 0 Å². The van der Waals surface area contributed by atoms with Crippen LogP contribution in [0.15, 0.2) is 12.1 Å². The molecule has 0 amide bonds. The smallest absolute Gasteiger partial charge is 0.339 e. The quantitative estimate of drug-likeness (QED) is 0.652. The summed E-state index contributed by atoms with van der Waals surface area (Å²) < 4.78 is 8.95. The van der Waals surface area contributed by atoms with Crippen LogP contribution in [-0.2, 0) is 9.47 Å². The molecule has 0 aliphatic rings. The summed E-state index contributed by atoms with van der Waals surface area (Å²) in [4.78, 5) is 22.3. The highest BCUT2D eigenvalue weighted by Crippen LogP contribution is 2.09. The molecule has 2 radical (unpaired) electrons. The lowest BCUT2D eigenvalue weighted by Crippen LogP contribution is -2.11. The third-order valence-corrected chi connectivity index (χ3v) is 1.57. The number of methoxy groups -OCH3 is 2. The summed E-state index contributed by atoms with van der Waals surface area (Å²) in [5.74, 6) is -1.27. The van der Waals surface area contributed by atoms with Crippen molar-refractivity contribution in [1.29, 1.82) is 0 Å². The highest BCUT2D eigenvalue weighted by atomic mass is 16.5. The van der Waals surface area contributed by atoms with Crippen molar-refractivity contribution in [1.82, 2.24) is 0 Å². The third kappa shape index (κ3) is 1.90. The predicted octanol–water partition coefficient (Wildman–Crippen LogP) is 0.860. The molecule has 0 aliphatic heterocycles. The van der Waals surface area contributed by atoms with E-state index in [4.69, 9.17) is 0 Å². The molecule has 0 saturated heterocycles. The molecule has 0 atom stereocenters. The molecule has 72 valence electrons. The maximum Gasteiger partial charge on any atom is 0.339 e. The molecule has 1 rings (SSSR count). The lowest BCUT2D eigenvalue weighted by Gasteiger charge is -2.03. The van der Waals surface area contributed by atoms with Crippen molar-refractivity contribution in [3.63, 3.8) is 0 Å². The standard InChI is InChI=1S/C10H8O4/c1-13-9(11)7-5-3-4-6-8(7)10(12)14-2/h3-4H,1-2H3. The summed E-state index contributed by atoms with van der Waals surface area (Å²) >= 11 is 0. The second-order valence-corrected chi connectivity index (χ2v) is 2.36. The number of hydrogen-bond acceptors (Lipinski definition) is 4. The zero-order valence-electron chi connectivity index (χ0n) is 7.79. The number of carbonyl (C=O) groups is 2. The van der Waals surface area contributed by atoms with E-state index in [0.29, 0.717) is 0 Å². The molecule has 0 aromatic heterocycles. The van der Waals surface area contributed by atoms with Gasteiger partial charge in [0.15, 0.2) is 0 Å². The van der Waals surface area contributed by atoms with E-state index < -0.39 is 11.9 Å². The van der Waals surface area contributed by atoms with Crippen molar-refractivity contribution in [3.8, 4) is 0 Å². The van der Waals surface area contributed by atoms with Crippen molar-refractivity contribution in [3.05, 3.63) is 35.4 Å². The molecule has 4 heteroatoms. The Morgan fingerprint density at radius 3 is 1.64 bits per heavy atom. The molecule has 0 heterocycles. The van der Waals surface area contributed by atoms with Crippen LogP contribution >= 0.6 is 0 Å². The lowest BCUT2D eigenvalue weighted by molar-refractivity contribution is 0.0554. The lowest BCUT2D eigenvalue weighted by atomic mass is 10.1. The minimum atomic E-state index is -0.637. The van der Waals surface area contributed by atoms with Crippen molar-refractivity contribution in [2.75, 3.05) is 14.2 Å². The van der Waals surface area contributed by atoms with Gasteiger partial charge >= 0.3 is 11.9 Å². The second kappa shape index (κ2) is 4.41. The molecule has 0 fully saturated rings. The van der Waals surface area contributed by atoms with Crippen LogP contribution in [0.3, 0.4) is 0 Å². The summed E-state index contributed by atoms with van der Waals surface area (Å²) in [5, 5.41) is 0. The fourth-order valence-electron chi connectivity index (χ4n) is 0.920. The molecule has 0 unspecified atom stereocenters. The molecule has 0 aliphatic carbocycles. The highest BCUT2D eigenvalue weighted by molar-refractivity contribution is 6.02. The molecule has 1 aromatic carbocycles. The van der Waals surface area contributed by atoms with Gasteiger partial charge in [-0.05, 0) is 12.1 Å². The van der Waals surface area contributed by atoms with E-state index in [0.717, 1.165) is 0 Å². The maximum absolute atomic E-state index is 11.2. The van der Waals surface area contributed by atoms with E-state index in [2.05, 4.69) is 21.6 Å². The Bertz CT molecular complexity index is 322. The van der Waals surface area contributed by atoms with E-state index in [-0.39, 0.29) is 11.1 Å². The highest BCUT2D eigenvalue weighted by Gasteiger charge is 2.17. The molecule has 0 N–H and O–H groups in total. The Morgan fingerprint density at radius 1 is 1.00 bits per heavy atom. The van der Waals surface area contributed by atoms with Crippen LogP contribution in [0.25, 0.3) is 0 Å². The molecule has 1 aromatic rings. The molecular weight excluding hydrogens is 184 g/mol. The van der Waals surface area contributed by atoms with Gasteiger partial charge in [-0.15, -0.1) is 0 Å². The van der Waals surface area contributed by atoms with Gasteiger partial charge in [-0.25, -0.2) is 9.59 Å². The number of rotatable bonds is 2. The number of esters is 2. The Labute approximate surface area is 81.4 Å². The zero-order chi connectivity index (χ0) is 10.6. The molecular formula is C10H8O4. The Balaban J connectivity index is 3.15. The SMILES string of the molecule is COC(=O)c1[c]cc[c]c1C(=O)OC. The summed E-state index contributed by atoms with van der Waals surface area (Å²) in [7, 11) is 2.45. The first-order chi connectivity index (χ1) is 6.70. The summed E-state index contributed by atoms with van der Waals surface area (Å²) in [6.07, 6.45) is 0. The third-order valence-electron chi connectivity index (χ3n) is 1.57. The monoisotopic (exact) mass is 192 g/mol. The number of ether oxygens (including phenoxy) is 2. The van der Waals surface area contributed by atoms with Crippen LogP contribution in [0.2, 0.25) is 0 Å². The molecule has 4 nitrogen and oxygen atoms in total. The predicted molar refractivity (Wildman–Crippen MR) is 46.8 cm³/mol. The van der Waals surface area contributed by atoms with E-state index in [9.17, 15) is 9.59 Å². The number of benzene rings is 1. The van der Waals surface area contributed by atoms with Crippen molar-refractivity contribution in [2.45, 2.75) is 0 Å². The van der Waals surface area contributed by atoms with Gasteiger partial charge in [0, 0.05) is 0 Å². The molecule has 0 saturated carbocycles. The fraction of sp³-hybridized carbons (Fsp3) is 0.200. The first kappa shape index (κ1) is 10.2. The van der Waals surface area contributed by atoms with Gasteiger partial charge in [-0.3, -0.25) is 0 Å². The molecule has 14 heavy (non-hydrogen) atoms. The zero-order valence-corrected chi connectivity index (χ0v) is 7.79. The van der Waals surface area contributed by atoms with Crippen molar-refractivity contribution >= 4 is 11.9 Å². The average molecular weight is 192 g/mol. The number of carbonyl (C=O) groups excluding carboxylic acids is 2. The van der Waals surface area contributed by atoms with Gasteiger partial charge < -0.3 is 9.47 Å². The topological polar surface area (TPSA) is 52.6 Å². The summed E-state index contributed by atoms with van der Waals surface area (Å²) in [6.45, 7) is 0. The number of hydrogen-bond donors (Lipinski definition) is 0. The average Bonchev–Trinajstić information content (AvgIpc) is 2.27. The first-order valence-corrected chi connectivity index (χ1v) is 3.79.